The van der Waals surface area contributed by atoms with Crippen LogP contribution in [0.25, 0.3) is 16.3 Å². The molecule has 0 spiro atoms. The van der Waals surface area contributed by atoms with Gasteiger partial charge in [0, 0.05) is 35.8 Å². The van der Waals surface area contributed by atoms with Crippen LogP contribution in [0.4, 0.5) is 0 Å². The van der Waals surface area contributed by atoms with Crippen LogP contribution in [0.3, 0.4) is 0 Å². The third-order valence-corrected chi connectivity index (χ3v) is 6.86. The smallest absolute Gasteiger partial charge is 0.271 e. The summed E-state index contributed by atoms with van der Waals surface area (Å²) in [4.78, 5) is 19.8. The molecule has 7 heteroatoms. The second kappa shape index (κ2) is 7.14. The second-order valence-corrected chi connectivity index (χ2v) is 8.46. The number of rotatable bonds is 5. The second-order valence-electron chi connectivity index (χ2n) is 7.60. The van der Waals surface area contributed by atoms with Gasteiger partial charge in [-0.05, 0) is 37.4 Å². The molecular weight excluding hydrogens is 370 g/mol. The first-order valence-electron chi connectivity index (χ1n) is 9.82. The number of carbonyl (C=O) groups excluding carboxylic acids is 1. The van der Waals surface area contributed by atoms with Gasteiger partial charge in [-0.25, -0.2) is 9.67 Å². The van der Waals surface area contributed by atoms with Crippen LogP contribution in [0.1, 0.15) is 30.3 Å². The van der Waals surface area contributed by atoms with Gasteiger partial charge >= 0.3 is 0 Å². The number of thiazole rings is 1. The monoisotopic (exact) mass is 393 g/mol. The van der Waals surface area contributed by atoms with Crippen molar-refractivity contribution < 1.29 is 4.79 Å². The van der Waals surface area contributed by atoms with Gasteiger partial charge in [-0.2, -0.15) is 5.10 Å². The molecule has 1 amide bonds. The van der Waals surface area contributed by atoms with Crippen LogP contribution in [-0.2, 0) is 0 Å². The molecule has 1 aliphatic carbocycles. The van der Waals surface area contributed by atoms with Crippen LogP contribution in [0.15, 0.2) is 48.1 Å². The van der Waals surface area contributed by atoms with Crippen molar-refractivity contribution in [3.8, 4) is 16.3 Å². The van der Waals surface area contributed by atoms with E-state index in [0.717, 1.165) is 35.8 Å². The minimum Gasteiger partial charge on any atom is -0.348 e. The number of piperidine rings is 1. The van der Waals surface area contributed by atoms with Crippen molar-refractivity contribution in [1.29, 1.82) is 0 Å². The summed E-state index contributed by atoms with van der Waals surface area (Å²) in [5, 5.41) is 10.3. The van der Waals surface area contributed by atoms with E-state index in [4.69, 9.17) is 0 Å². The molecular formula is C21H23N5OS. The van der Waals surface area contributed by atoms with Crippen molar-refractivity contribution >= 4 is 17.2 Å². The maximum absolute atomic E-state index is 12.7. The third kappa shape index (κ3) is 3.14. The summed E-state index contributed by atoms with van der Waals surface area (Å²) in [6.45, 7) is 4.42. The Hall–Kier alpha value is -2.51. The Morgan fingerprint density at radius 2 is 2.14 bits per heavy atom. The number of benzene rings is 1. The van der Waals surface area contributed by atoms with Crippen LogP contribution >= 0.6 is 11.3 Å². The number of fused-ring (bicyclic) bond motifs is 2. The number of nitrogens with zero attached hydrogens (tertiary/aromatic N) is 4. The summed E-state index contributed by atoms with van der Waals surface area (Å²) in [5.74, 6) is 0.523. The first kappa shape index (κ1) is 17.6. The topological polar surface area (TPSA) is 63.1 Å². The number of nitrogens with one attached hydrogen (secondary N) is 1. The van der Waals surface area contributed by atoms with E-state index in [2.05, 4.69) is 27.2 Å². The number of aromatic nitrogens is 3. The maximum Gasteiger partial charge on any atom is 0.271 e. The van der Waals surface area contributed by atoms with Gasteiger partial charge in [0.1, 0.15) is 10.7 Å². The predicted octanol–water partition coefficient (Wildman–Crippen LogP) is 3.21. The zero-order valence-corrected chi connectivity index (χ0v) is 16.6. The van der Waals surface area contributed by atoms with Gasteiger partial charge < -0.3 is 10.2 Å². The summed E-state index contributed by atoms with van der Waals surface area (Å²) in [6, 6.07) is 10.9. The summed E-state index contributed by atoms with van der Waals surface area (Å²) in [7, 11) is 0. The van der Waals surface area contributed by atoms with E-state index >= 15 is 0 Å². The minimum atomic E-state index is -0.0569. The average Bonchev–Trinajstić information content (AvgIpc) is 3.51. The fraction of sp³-hybridized carbons (Fsp3) is 0.381. The molecule has 144 valence electrons. The highest BCUT2D eigenvalue weighted by Crippen LogP contribution is 2.37. The SMILES string of the molecule is CCN1C[C@H]2C[C@@H]1CC2NC(=O)c1csc(-c2cnn(-c3ccccc3)c2)n1. The molecule has 5 rings (SSSR count). The summed E-state index contributed by atoms with van der Waals surface area (Å²) < 4.78 is 1.82. The van der Waals surface area contributed by atoms with Gasteiger partial charge in [0.2, 0.25) is 0 Å². The molecule has 2 bridgehead atoms. The standard InChI is InChI=1S/C21H23N5OS/c1-2-25-11-14-8-17(25)9-18(14)23-20(27)19-13-28-21(24-19)15-10-22-26(12-15)16-6-4-3-5-7-16/h3-7,10,12-14,17-18H,2,8-9,11H2,1H3,(H,23,27)/t14-,17-,18?/m1/s1. The van der Waals surface area contributed by atoms with Crippen LogP contribution in [0.2, 0.25) is 0 Å². The molecule has 0 radical (unpaired) electrons. The highest BCUT2D eigenvalue weighted by Gasteiger charge is 2.44. The van der Waals surface area contributed by atoms with Crippen molar-refractivity contribution in [3.05, 3.63) is 53.8 Å². The highest BCUT2D eigenvalue weighted by molar-refractivity contribution is 7.13. The Bertz CT molecular complexity index is 982. The van der Waals surface area contributed by atoms with Gasteiger partial charge in [-0.15, -0.1) is 11.3 Å². The maximum atomic E-state index is 12.7. The quantitative estimate of drug-likeness (QED) is 0.723. The summed E-state index contributed by atoms with van der Waals surface area (Å²) in [6.07, 6.45) is 6.01. The molecule has 1 aromatic carbocycles. The van der Waals surface area contributed by atoms with Gasteiger partial charge in [-0.1, -0.05) is 25.1 Å². The number of hydrogen-bond acceptors (Lipinski definition) is 5. The van der Waals surface area contributed by atoms with E-state index in [0.29, 0.717) is 17.7 Å². The van der Waals surface area contributed by atoms with Gasteiger partial charge in [0.05, 0.1) is 11.9 Å². The molecule has 1 saturated carbocycles. The zero-order chi connectivity index (χ0) is 19.1. The lowest BCUT2D eigenvalue weighted by molar-refractivity contribution is 0.0904. The third-order valence-electron chi connectivity index (χ3n) is 5.97. The molecule has 3 atom stereocenters. The lowest BCUT2D eigenvalue weighted by Crippen LogP contribution is -2.45. The van der Waals surface area contributed by atoms with Gasteiger partial charge in [0.25, 0.3) is 5.91 Å². The van der Waals surface area contributed by atoms with E-state index in [1.807, 2.05) is 46.6 Å². The Morgan fingerprint density at radius 3 is 2.89 bits per heavy atom. The Kier molecular flexibility index (Phi) is 4.49. The first-order chi connectivity index (χ1) is 13.7. The van der Waals surface area contributed by atoms with Gasteiger partial charge in [0.15, 0.2) is 0 Å². The lowest BCUT2D eigenvalue weighted by Gasteiger charge is -2.30. The van der Waals surface area contributed by atoms with E-state index in [-0.39, 0.29) is 11.9 Å². The van der Waals surface area contributed by atoms with E-state index in [9.17, 15) is 4.79 Å². The van der Waals surface area contributed by atoms with Crippen LogP contribution < -0.4 is 5.32 Å². The van der Waals surface area contributed by atoms with Crippen LogP contribution in [-0.4, -0.2) is 50.7 Å². The minimum absolute atomic E-state index is 0.0569. The highest BCUT2D eigenvalue weighted by atomic mass is 32.1. The number of likely N-dealkylation sites (tertiary alicyclic amines) is 1. The normalized spacial score (nSPS) is 24.0. The molecule has 1 aliphatic heterocycles. The molecule has 1 unspecified atom stereocenters. The van der Waals surface area contributed by atoms with E-state index in [1.54, 1.807) is 6.20 Å². The largest absolute Gasteiger partial charge is 0.348 e. The number of amides is 1. The van der Waals surface area contributed by atoms with Crippen LogP contribution in [0.5, 0.6) is 0 Å². The van der Waals surface area contributed by atoms with E-state index < -0.39 is 0 Å². The van der Waals surface area contributed by atoms with Crippen molar-refractivity contribution in [1.82, 2.24) is 25.0 Å². The molecule has 6 nitrogen and oxygen atoms in total. The fourth-order valence-electron chi connectivity index (χ4n) is 4.52. The van der Waals surface area contributed by atoms with E-state index in [1.165, 1.54) is 17.8 Å². The average molecular weight is 394 g/mol. The number of carbonyl (C=O) groups is 1. The lowest BCUT2D eigenvalue weighted by atomic mass is 10.0. The van der Waals surface area contributed by atoms with Gasteiger partial charge in [-0.3, -0.25) is 4.79 Å². The Balaban J connectivity index is 1.27. The molecule has 1 N–H and O–H groups in total. The molecule has 2 aliphatic rings. The first-order valence-corrected chi connectivity index (χ1v) is 10.7. The van der Waals surface area contributed by atoms with Crippen molar-refractivity contribution in [2.75, 3.05) is 13.1 Å². The number of hydrogen-bond donors (Lipinski definition) is 1. The Morgan fingerprint density at radius 1 is 1.29 bits per heavy atom. The molecule has 28 heavy (non-hydrogen) atoms. The molecule has 3 heterocycles. The molecule has 2 fully saturated rings. The summed E-state index contributed by atoms with van der Waals surface area (Å²) in [5.41, 5.74) is 2.43. The zero-order valence-electron chi connectivity index (χ0n) is 15.8. The number of para-hydroxylation sites is 1. The molecule has 2 aromatic heterocycles. The molecule has 1 saturated heterocycles. The van der Waals surface area contributed by atoms with Crippen molar-refractivity contribution in [3.63, 3.8) is 0 Å². The van der Waals surface area contributed by atoms with Crippen LogP contribution in [0, 0.1) is 5.92 Å². The van der Waals surface area contributed by atoms with Crippen molar-refractivity contribution in [2.24, 2.45) is 5.92 Å². The van der Waals surface area contributed by atoms with Crippen molar-refractivity contribution in [2.45, 2.75) is 31.8 Å². The predicted molar refractivity (Wildman–Crippen MR) is 110 cm³/mol. The fourth-order valence-corrected chi connectivity index (χ4v) is 5.29. The Labute approximate surface area is 168 Å². The summed E-state index contributed by atoms with van der Waals surface area (Å²) >= 11 is 1.48. The molecule has 3 aromatic rings.